The molecule has 0 aliphatic carbocycles. The van der Waals surface area contributed by atoms with Gasteiger partial charge in [-0.15, -0.1) is 11.3 Å². The van der Waals surface area contributed by atoms with E-state index in [4.69, 9.17) is 4.74 Å². The van der Waals surface area contributed by atoms with Crippen molar-refractivity contribution in [3.8, 4) is 16.3 Å². The van der Waals surface area contributed by atoms with E-state index in [0.29, 0.717) is 32.0 Å². The fraction of sp³-hybridized carbons (Fsp3) is 0.316. The highest BCUT2D eigenvalue weighted by atomic mass is 32.2. The van der Waals surface area contributed by atoms with E-state index in [9.17, 15) is 8.42 Å². The number of nitrogens with zero attached hydrogens (tertiary/aromatic N) is 3. The van der Waals surface area contributed by atoms with Crippen molar-refractivity contribution >= 4 is 21.4 Å². The fourth-order valence-electron chi connectivity index (χ4n) is 3.09. The molecule has 1 N–H and O–H groups in total. The minimum absolute atomic E-state index is 0.195. The highest BCUT2D eigenvalue weighted by Gasteiger charge is 2.24. The number of ether oxygens (including phenoxy) is 1. The summed E-state index contributed by atoms with van der Waals surface area (Å²) in [7, 11) is -3.69. The van der Waals surface area contributed by atoms with Gasteiger partial charge in [0.25, 0.3) is 0 Å². The Morgan fingerprint density at radius 2 is 1.89 bits per heavy atom. The molecule has 0 radical (unpaired) electrons. The smallest absolute Gasteiger partial charge is 0.244 e. The summed E-state index contributed by atoms with van der Waals surface area (Å²) in [5.41, 5.74) is 1.28. The third-order valence-electron chi connectivity index (χ3n) is 4.57. The molecule has 2 aromatic heterocycles. The van der Waals surface area contributed by atoms with Gasteiger partial charge in [0.1, 0.15) is 10.6 Å². The van der Waals surface area contributed by atoms with Crippen LogP contribution in [0.2, 0.25) is 0 Å². The number of hydrogen-bond donors (Lipinski definition) is 1. The molecule has 9 heteroatoms. The molecule has 0 amide bonds. The Balaban J connectivity index is 1.58. The van der Waals surface area contributed by atoms with Crippen LogP contribution in [-0.2, 0) is 14.8 Å². The van der Waals surface area contributed by atoms with Crippen molar-refractivity contribution in [2.24, 2.45) is 0 Å². The average Bonchev–Trinajstić information content (AvgIpc) is 3.39. The van der Waals surface area contributed by atoms with Gasteiger partial charge in [-0.2, -0.15) is 5.10 Å². The number of benzene rings is 1. The molecule has 4 rings (SSSR count). The van der Waals surface area contributed by atoms with Crippen molar-refractivity contribution in [1.29, 1.82) is 0 Å². The Hall–Kier alpha value is -2.04. The minimum Gasteiger partial charge on any atom is -0.379 e. The molecule has 1 aliphatic rings. The number of sulfonamides is 1. The summed E-state index contributed by atoms with van der Waals surface area (Å²) in [4.78, 5) is 3.21. The monoisotopic (exact) mass is 418 g/mol. The van der Waals surface area contributed by atoms with Crippen molar-refractivity contribution in [1.82, 2.24) is 19.4 Å². The number of aromatic nitrogens is 2. The highest BCUT2D eigenvalue weighted by molar-refractivity contribution is 7.89. The summed E-state index contributed by atoms with van der Waals surface area (Å²) in [6.45, 7) is 4.05. The average molecular weight is 419 g/mol. The molecule has 0 unspecified atom stereocenters. The number of morpholine rings is 1. The van der Waals surface area contributed by atoms with Crippen molar-refractivity contribution < 1.29 is 13.2 Å². The van der Waals surface area contributed by atoms with Gasteiger partial charge in [-0.25, -0.2) is 17.8 Å². The van der Waals surface area contributed by atoms with Gasteiger partial charge in [-0.3, -0.25) is 4.90 Å². The molecule has 7 nitrogen and oxygen atoms in total. The van der Waals surface area contributed by atoms with Gasteiger partial charge in [0.2, 0.25) is 10.0 Å². The van der Waals surface area contributed by atoms with Crippen LogP contribution in [0, 0.1) is 0 Å². The van der Waals surface area contributed by atoms with Crippen LogP contribution in [0.1, 0.15) is 0 Å². The number of nitrogens with one attached hydrogen (secondary N) is 1. The van der Waals surface area contributed by atoms with Crippen molar-refractivity contribution in [2.75, 3.05) is 39.4 Å². The van der Waals surface area contributed by atoms with Crippen LogP contribution in [0.4, 0.5) is 0 Å². The van der Waals surface area contributed by atoms with Crippen LogP contribution in [0.3, 0.4) is 0 Å². The van der Waals surface area contributed by atoms with E-state index in [0.717, 1.165) is 23.7 Å². The summed E-state index contributed by atoms with van der Waals surface area (Å²) < 4.78 is 35.7. The van der Waals surface area contributed by atoms with Gasteiger partial charge < -0.3 is 4.74 Å². The molecule has 1 fully saturated rings. The van der Waals surface area contributed by atoms with Crippen LogP contribution in [0.5, 0.6) is 0 Å². The Kier molecular flexibility index (Phi) is 5.88. The van der Waals surface area contributed by atoms with Crippen LogP contribution in [0.25, 0.3) is 16.3 Å². The quantitative estimate of drug-likeness (QED) is 0.637. The maximum atomic E-state index is 13.0. The van der Waals surface area contributed by atoms with Crippen LogP contribution < -0.4 is 4.72 Å². The molecule has 148 valence electrons. The summed E-state index contributed by atoms with van der Waals surface area (Å²) >= 11 is 1.47. The van der Waals surface area contributed by atoms with Crippen molar-refractivity contribution in [3.05, 3.63) is 54.0 Å². The van der Waals surface area contributed by atoms with Gasteiger partial charge in [0.05, 0.1) is 30.0 Å². The standard InChI is InChI=1S/C19H22N4O3S2/c24-28(25,20-8-9-22-10-12-26-13-11-22)18-15-23(16-5-2-1-3-6-16)21-19(18)17-7-4-14-27-17/h1-7,14-15,20H,8-13H2. The Labute approximate surface area is 168 Å². The van der Waals surface area contributed by atoms with Gasteiger partial charge in [-0.1, -0.05) is 24.3 Å². The zero-order valence-corrected chi connectivity index (χ0v) is 17.0. The topological polar surface area (TPSA) is 76.5 Å². The highest BCUT2D eigenvalue weighted by Crippen LogP contribution is 2.30. The number of rotatable bonds is 7. The first-order chi connectivity index (χ1) is 13.6. The number of para-hydroxylation sites is 1. The first-order valence-corrected chi connectivity index (χ1v) is 11.5. The van der Waals surface area contributed by atoms with Gasteiger partial charge in [0, 0.05) is 26.2 Å². The second kappa shape index (κ2) is 8.54. The molecular formula is C19H22N4O3S2. The Morgan fingerprint density at radius 3 is 2.61 bits per heavy atom. The van der Waals surface area contributed by atoms with E-state index in [2.05, 4.69) is 14.7 Å². The Morgan fingerprint density at radius 1 is 1.11 bits per heavy atom. The van der Waals surface area contributed by atoms with E-state index in [1.165, 1.54) is 11.3 Å². The summed E-state index contributed by atoms with van der Waals surface area (Å²) in [5, 5.41) is 6.48. The lowest BCUT2D eigenvalue weighted by Crippen LogP contribution is -2.41. The lowest BCUT2D eigenvalue weighted by molar-refractivity contribution is 0.0390. The third-order valence-corrected chi connectivity index (χ3v) is 6.91. The van der Waals surface area contributed by atoms with Gasteiger partial charge in [-0.05, 0) is 23.6 Å². The zero-order valence-electron chi connectivity index (χ0n) is 15.3. The molecule has 3 heterocycles. The third kappa shape index (κ3) is 4.34. The second-order valence-electron chi connectivity index (χ2n) is 6.45. The molecule has 1 aliphatic heterocycles. The summed E-state index contributed by atoms with van der Waals surface area (Å²) in [6.07, 6.45) is 1.58. The molecule has 0 spiro atoms. The van der Waals surface area contributed by atoms with Crippen molar-refractivity contribution in [2.45, 2.75) is 4.90 Å². The lowest BCUT2D eigenvalue weighted by atomic mass is 10.3. The molecule has 0 bridgehead atoms. The van der Waals surface area contributed by atoms with Crippen LogP contribution >= 0.6 is 11.3 Å². The van der Waals surface area contributed by atoms with Gasteiger partial charge in [0.15, 0.2) is 0 Å². The maximum Gasteiger partial charge on any atom is 0.244 e. The largest absolute Gasteiger partial charge is 0.379 e. The van der Waals surface area contributed by atoms with Crippen LogP contribution in [-0.4, -0.2) is 62.5 Å². The van der Waals surface area contributed by atoms with E-state index in [-0.39, 0.29) is 4.90 Å². The number of thiophene rings is 1. The summed E-state index contributed by atoms with van der Waals surface area (Å²) in [6, 6.07) is 13.3. The molecule has 1 aromatic carbocycles. The fourth-order valence-corrected chi connectivity index (χ4v) is 5.04. The van der Waals surface area contributed by atoms with Crippen molar-refractivity contribution in [3.63, 3.8) is 0 Å². The normalized spacial score (nSPS) is 15.7. The molecule has 1 saturated heterocycles. The zero-order chi connectivity index (χ0) is 19.4. The predicted octanol–water partition coefficient (Wildman–Crippen LogP) is 2.21. The molecular weight excluding hydrogens is 396 g/mol. The Bertz CT molecular complexity index is 995. The maximum absolute atomic E-state index is 13.0. The van der Waals surface area contributed by atoms with Gasteiger partial charge >= 0.3 is 0 Å². The molecule has 0 saturated carbocycles. The van der Waals surface area contributed by atoms with Crippen LogP contribution in [0.15, 0.2) is 58.9 Å². The molecule has 3 aromatic rings. The molecule has 0 atom stereocenters. The predicted molar refractivity (Wildman–Crippen MR) is 109 cm³/mol. The van der Waals surface area contributed by atoms with E-state index in [1.807, 2.05) is 47.8 Å². The summed E-state index contributed by atoms with van der Waals surface area (Å²) in [5.74, 6) is 0. The first-order valence-electron chi connectivity index (χ1n) is 9.12. The SMILES string of the molecule is O=S(=O)(NCCN1CCOCC1)c1cn(-c2ccccc2)nc1-c1cccs1. The van der Waals surface area contributed by atoms with E-state index in [1.54, 1.807) is 10.9 Å². The molecule has 28 heavy (non-hydrogen) atoms. The minimum atomic E-state index is -3.69. The number of hydrogen-bond acceptors (Lipinski definition) is 6. The van der Waals surface area contributed by atoms with E-state index >= 15 is 0 Å². The lowest BCUT2D eigenvalue weighted by Gasteiger charge is -2.26. The van der Waals surface area contributed by atoms with E-state index < -0.39 is 10.0 Å². The second-order valence-corrected chi connectivity index (χ2v) is 9.13. The first kappa shape index (κ1) is 19.3.